The minimum absolute atomic E-state index is 0.119. The van der Waals surface area contributed by atoms with Crippen LogP contribution in [0.1, 0.15) is 22.8 Å². The molecule has 1 aromatic heterocycles. The van der Waals surface area contributed by atoms with Crippen LogP contribution < -0.4 is 29.9 Å². The summed E-state index contributed by atoms with van der Waals surface area (Å²) in [7, 11) is 1.43. The first-order valence-corrected chi connectivity index (χ1v) is 10.3. The molecule has 2 aliphatic heterocycles. The number of aromatic hydroxyl groups is 1. The van der Waals surface area contributed by atoms with Gasteiger partial charge < -0.3 is 33.8 Å². The molecular weight excluding hydrogens is 430 g/mol. The van der Waals surface area contributed by atoms with Crippen LogP contribution in [0.4, 0.5) is 5.69 Å². The van der Waals surface area contributed by atoms with Crippen LogP contribution in [0.15, 0.2) is 51.7 Å². The number of carbonyl (C=O) groups excluding carboxylic acids is 1. The maximum Gasteiger partial charge on any atom is 0.343 e. The summed E-state index contributed by atoms with van der Waals surface area (Å²) in [5.74, 6) is 0.642. The fourth-order valence-electron chi connectivity index (χ4n) is 4.11. The monoisotopic (exact) mass is 451 g/mol. The highest BCUT2D eigenvalue weighted by Gasteiger charge is 2.43. The Labute approximate surface area is 188 Å². The average molecular weight is 451 g/mol. The number of carbonyl (C=O) groups is 1. The number of hydrogen-bond donors (Lipinski definition) is 2. The van der Waals surface area contributed by atoms with Gasteiger partial charge in [-0.05, 0) is 36.8 Å². The third kappa shape index (κ3) is 3.71. The number of amides is 1. The molecule has 2 N–H and O–H groups in total. The molecule has 3 aromatic rings. The highest BCUT2D eigenvalue weighted by Crippen LogP contribution is 2.43. The van der Waals surface area contributed by atoms with Gasteiger partial charge in [0.05, 0.1) is 18.6 Å². The first kappa shape index (κ1) is 20.7. The van der Waals surface area contributed by atoms with E-state index < -0.39 is 23.6 Å². The standard InChI is InChI=1S/C24H21NO8/c1-12-9-19-21(24(28)32-12)20(13-3-5-16(29-2)15(26)10-13)22(33-19)23(27)25-14-4-6-17-18(11-14)31-8-7-30-17/h3-6,9-11,20,22,26H,7-8H2,1-2H3,(H,25,27)/t20-,22+/m1/s1. The van der Waals surface area contributed by atoms with Crippen molar-refractivity contribution in [3.05, 3.63) is 69.8 Å². The van der Waals surface area contributed by atoms with Crippen LogP contribution in [0.2, 0.25) is 0 Å². The fraction of sp³-hybridized carbons (Fsp3) is 0.250. The zero-order valence-corrected chi connectivity index (χ0v) is 17.9. The van der Waals surface area contributed by atoms with Gasteiger partial charge in [0.2, 0.25) is 0 Å². The van der Waals surface area contributed by atoms with E-state index in [1.54, 1.807) is 43.3 Å². The lowest BCUT2D eigenvalue weighted by Crippen LogP contribution is -2.35. The lowest BCUT2D eigenvalue weighted by Gasteiger charge is -2.21. The molecule has 9 heteroatoms. The lowest BCUT2D eigenvalue weighted by molar-refractivity contribution is -0.122. The Kier molecular flexibility index (Phi) is 5.08. The molecule has 2 aromatic carbocycles. The van der Waals surface area contributed by atoms with Gasteiger partial charge in [0.1, 0.15) is 24.7 Å². The van der Waals surface area contributed by atoms with Crippen LogP contribution in [-0.4, -0.2) is 37.4 Å². The minimum Gasteiger partial charge on any atom is -0.504 e. The molecule has 0 saturated heterocycles. The molecule has 0 aliphatic carbocycles. The van der Waals surface area contributed by atoms with Crippen molar-refractivity contribution in [3.63, 3.8) is 0 Å². The fourth-order valence-corrected chi connectivity index (χ4v) is 4.11. The van der Waals surface area contributed by atoms with Crippen molar-refractivity contribution in [1.29, 1.82) is 0 Å². The Bertz CT molecular complexity index is 1300. The summed E-state index contributed by atoms with van der Waals surface area (Å²) in [6, 6.07) is 11.3. The number of ether oxygens (including phenoxy) is 4. The van der Waals surface area contributed by atoms with E-state index in [2.05, 4.69) is 5.32 Å². The predicted molar refractivity (Wildman–Crippen MR) is 117 cm³/mol. The largest absolute Gasteiger partial charge is 0.504 e. The van der Waals surface area contributed by atoms with Gasteiger partial charge in [0, 0.05) is 17.8 Å². The number of hydrogen-bond acceptors (Lipinski definition) is 8. The Morgan fingerprint density at radius 1 is 1.06 bits per heavy atom. The third-order valence-corrected chi connectivity index (χ3v) is 5.57. The molecule has 170 valence electrons. The number of phenols is 1. The van der Waals surface area contributed by atoms with E-state index >= 15 is 0 Å². The number of anilines is 1. The molecule has 0 unspecified atom stereocenters. The molecular formula is C24H21NO8. The first-order chi connectivity index (χ1) is 15.9. The molecule has 5 rings (SSSR count). The van der Waals surface area contributed by atoms with Gasteiger partial charge in [0.25, 0.3) is 5.91 Å². The number of aryl methyl sites for hydroxylation is 1. The maximum atomic E-state index is 13.3. The van der Waals surface area contributed by atoms with Crippen LogP contribution in [-0.2, 0) is 4.79 Å². The second-order valence-corrected chi connectivity index (χ2v) is 7.72. The quantitative estimate of drug-likeness (QED) is 0.622. The maximum absolute atomic E-state index is 13.3. The summed E-state index contributed by atoms with van der Waals surface area (Å²) in [6.07, 6.45) is -1.08. The molecule has 0 radical (unpaired) electrons. The van der Waals surface area contributed by atoms with Crippen molar-refractivity contribution in [2.45, 2.75) is 18.9 Å². The normalized spacial score (nSPS) is 18.2. The van der Waals surface area contributed by atoms with Crippen molar-refractivity contribution < 1.29 is 33.3 Å². The van der Waals surface area contributed by atoms with Crippen molar-refractivity contribution >= 4 is 11.6 Å². The summed E-state index contributed by atoms with van der Waals surface area (Å²) in [5.41, 5.74) is 0.612. The Balaban J connectivity index is 1.51. The number of fused-ring (bicyclic) bond motifs is 2. The van der Waals surface area contributed by atoms with Crippen LogP contribution in [0, 0.1) is 6.92 Å². The SMILES string of the molecule is COc1ccc([C@@H]2c3c(cc(C)oc3=O)O[C@@H]2C(=O)Nc2ccc3c(c2)OCCO3)cc1O. The van der Waals surface area contributed by atoms with Gasteiger partial charge >= 0.3 is 5.63 Å². The molecule has 33 heavy (non-hydrogen) atoms. The molecule has 1 amide bonds. The van der Waals surface area contributed by atoms with Gasteiger partial charge in [-0.1, -0.05) is 6.07 Å². The minimum atomic E-state index is -1.08. The van der Waals surface area contributed by atoms with Gasteiger partial charge in [-0.25, -0.2) is 4.79 Å². The van der Waals surface area contributed by atoms with Crippen molar-refractivity contribution in [2.24, 2.45) is 0 Å². The molecule has 0 saturated carbocycles. The number of methoxy groups -OCH3 is 1. The number of nitrogens with one attached hydrogen (secondary N) is 1. The highest BCUT2D eigenvalue weighted by atomic mass is 16.6. The lowest BCUT2D eigenvalue weighted by atomic mass is 9.88. The zero-order chi connectivity index (χ0) is 23.1. The van der Waals surface area contributed by atoms with Crippen LogP contribution in [0.25, 0.3) is 0 Å². The van der Waals surface area contributed by atoms with E-state index in [9.17, 15) is 14.7 Å². The second kappa shape index (κ2) is 8.09. The Morgan fingerprint density at radius 2 is 1.85 bits per heavy atom. The molecule has 9 nitrogen and oxygen atoms in total. The number of phenolic OH excluding ortho intramolecular Hbond substituents is 1. The van der Waals surface area contributed by atoms with Crippen molar-refractivity contribution in [3.8, 4) is 28.7 Å². The first-order valence-electron chi connectivity index (χ1n) is 10.3. The second-order valence-electron chi connectivity index (χ2n) is 7.72. The van der Waals surface area contributed by atoms with E-state index in [4.69, 9.17) is 23.4 Å². The van der Waals surface area contributed by atoms with E-state index in [1.165, 1.54) is 13.2 Å². The molecule has 2 atom stereocenters. The van der Waals surface area contributed by atoms with E-state index in [0.29, 0.717) is 41.7 Å². The van der Waals surface area contributed by atoms with E-state index in [0.717, 1.165) is 0 Å². The van der Waals surface area contributed by atoms with Crippen LogP contribution in [0.5, 0.6) is 28.7 Å². The highest BCUT2D eigenvalue weighted by molar-refractivity contribution is 5.96. The Morgan fingerprint density at radius 3 is 2.61 bits per heavy atom. The zero-order valence-electron chi connectivity index (χ0n) is 17.9. The summed E-state index contributed by atoms with van der Waals surface area (Å²) in [4.78, 5) is 26.0. The topological polar surface area (TPSA) is 116 Å². The average Bonchev–Trinajstić information content (AvgIpc) is 3.19. The molecule has 2 aliphatic rings. The Hall–Kier alpha value is -4.14. The summed E-state index contributed by atoms with van der Waals surface area (Å²) < 4.78 is 27.4. The van der Waals surface area contributed by atoms with Crippen molar-refractivity contribution in [2.75, 3.05) is 25.6 Å². The molecule has 0 spiro atoms. The predicted octanol–water partition coefficient (Wildman–Crippen LogP) is 2.97. The summed E-state index contributed by atoms with van der Waals surface area (Å²) >= 11 is 0. The van der Waals surface area contributed by atoms with E-state index in [1.807, 2.05) is 0 Å². The van der Waals surface area contributed by atoms with Gasteiger partial charge in [0.15, 0.2) is 29.1 Å². The number of rotatable bonds is 4. The number of benzene rings is 2. The summed E-state index contributed by atoms with van der Waals surface area (Å²) in [6.45, 7) is 2.51. The van der Waals surface area contributed by atoms with Gasteiger partial charge in [-0.15, -0.1) is 0 Å². The molecule has 0 bridgehead atoms. The van der Waals surface area contributed by atoms with Crippen LogP contribution in [0.3, 0.4) is 0 Å². The van der Waals surface area contributed by atoms with Gasteiger partial charge in [-0.3, -0.25) is 4.79 Å². The summed E-state index contributed by atoms with van der Waals surface area (Å²) in [5, 5.41) is 13.1. The van der Waals surface area contributed by atoms with Gasteiger partial charge in [-0.2, -0.15) is 0 Å². The van der Waals surface area contributed by atoms with E-state index in [-0.39, 0.29) is 22.8 Å². The third-order valence-electron chi connectivity index (χ3n) is 5.57. The van der Waals surface area contributed by atoms with Crippen LogP contribution >= 0.6 is 0 Å². The molecule has 0 fully saturated rings. The van der Waals surface area contributed by atoms with Crippen molar-refractivity contribution in [1.82, 2.24) is 0 Å². The molecule has 3 heterocycles. The smallest absolute Gasteiger partial charge is 0.343 e.